The average molecular weight is 340 g/mol. The van der Waals surface area contributed by atoms with Crippen LogP contribution in [0, 0.1) is 5.92 Å². The van der Waals surface area contributed by atoms with Crippen LogP contribution in [-0.4, -0.2) is 33.0 Å². The number of fused-ring (bicyclic) bond motifs is 1. The lowest BCUT2D eigenvalue weighted by atomic mass is 10.0. The number of amides is 2. The Hall–Kier alpha value is -2.63. The highest BCUT2D eigenvalue weighted by atomic mass is 16.2. The SMILES string of the molecule is CC(C)C(=O)N1CCc2c(c(C(=O)NCc3ccccc3)nn2C)C1. The van der Waals surface area contributed by atoms with Gasteiger partial charge in [0.1, 0.15) is 0 Å². The van der Waals surface area contributed by atoms with Crippen molar-refractivity contribution in [3.8, 4) is 0 Å². The average Bonchev–Trinajstić information content (AvgIpc) is 2.96. The van der Waals surface area contributed by atoms with Gasteiger partial charge in [0, 0.05) is 50.3 Å². The van der Waals surface area contributed by atoms with Gasteiger partial charge in [0.15, 0.2) is 5.69 Å². The summed E-state index contributed by atoms with van der Waals surface area (Å²) in [6, 6.07) is 9.77. The van der Waals surface area contributed by atoms with E-state index in [1.54, 1.807) is 4.68 Å². The highest BCUT2D eigenvalue weighted by Gasteiger charge is 2.29. The molecule has 3 rings (SSSR count). The molecule has 2 aromatic rings. The first kappa shape index (κ1) is 17.2. The van der Waals surface area contributed by atoms with E-state index in [9.17, 15) is 9.59 Å². The van der Waals surface area contributed by atoms with E-state index in [1.165, 1.54) is 0 Å². The van der Waals surface area contributed by atoms with Crippen LogP contribution in [0.15, 0.2) is 30.3 Å². The molecule has 2 amide bonds. The van der Waals surface area contributed by atoms with Gasteiger partial charge in [0.05, 0.1) is 0 Å². The molecule has 132 valence electrons. The maximum atomic E-state index is 12.6. The molecule has 2 heterocycles. The Balaban J connectivity index is 1.77. The van der Waals surface area contributed by atoms with Crippen molar-refractivity contribution in [2.45, 2.75) is 33.4 Å². The molecule has 0 saturated carbocycles. The van der Waals surface area contributed by atoms with Crippen LogP contribution >= 0.6 is 0 Å². The minimum atomic E-state index is -0.195. The fraction of sp³-hybridized carbons (Fsp3) is 0.421. The van der Waals surface area contributed by atoms with Gasteiger partial charge in [-0.25, -0.2) is 0 Å². The summed E-state index contributed by atoms with van der Waals surface area (Å²) in [5.74, 6) is -0.127. The molecule has 1 aliphatic heterocycles. The van der Waals surface area contributed by atoms with Crippen molar-refractivity contribution in [3.63, 3.8) is 0 Å². The number of aryl methyl sites for hydroxylation is 1. The molecule has 0 atom stereocenters. The van der Waals surface area contributed by atoms with Gasteiger partial charge in [-0.05, 0) is 5.56 Å². The van der Waals surface area contributed by atoms with Gasteiger partial charge >= 0.3 is 0 Å². The molecule has 1 N–H and O–H groups in total. The number of hydrogen-bond acceptors (Lipinski definition) is 3. The molecule has 6 nitrogen and oxygen atoms in total. The third kappa shape index (κ3) is 3.57. The fourth-order valence-electron chi connectivity index (χ4n) is 3.19. The summed E-state index contributed by atoms with van der Waals surface area (Å²) in [7, 11) is 1.85. The molecule has 0 aliphatic carbocycles. The van der Waals surface area contributed by atoms with Gasteiger partial charge in [-0.1, -0.05) is 44.2 Å². The van der Waals surface area contributed by atoms with Crippen LogP contribution in [0.1, 0.15) is 41.2 Å². The van der Waals surface area contributed by atoms with Gasteiger partial charge in [0.2, 0.25) is 5.91 Å². The summed E-state index contributed by atoms with van der Waals surface area (Å²) in [5.41, 5.74) is 3.37. The Morgan fingerprint density at radius 1 is 1.24 bits per heavy atom. The maximum Gasteiger partial charge on any atom is 0.272 e. The summed E-state index contributed by atoms with van der Waals surface area (Å²) < 4.78 is 1.77. The number of carbonyl (C=O) groups is 2. The Labute approximate surface area is 147 Å². The number of nitrogens with zero attached hydrogens (tertiary/aromatic N) is 3. The summed E-state index contributed by atoms with van der Waals surface area (Å²) in [6.45, 7) is 5.38. The highest BCUT2D eigenvalue weighted by molar-refractivity contribution is 5.94. The van der Waals surface area contributed by atoms with Crippen molar-refractivity contribution in [3.05, 3.63) is 52.8 Å². The zero-order valence-electron chi connectivity index (χ0n) is 15.0. The van der Waals surface area contributed by atoms with Gasteiger partial charge < -0.3 is 10.2 Å². The topological polar surface area (TPSA) is 67.2 Å². The Kier molecular flexibility index (Phi) is 4.88. The molecule has 0 fully saturated rings. The Morgan fingerprint density at radius 2 is 1.96 bits per heavy atom. The van der Waals surface area contributed by atoms with Crippen LogP contribution in [0.3, 0.4) is 0 Å². The predicted octanol–water partition coefficient (Wildman–Crippen LogP) is 1.89. The number of rotatable bonds is 4. The van der Waals surface area contributed by atoms with Crippen molar-refractivity contribution in [1.29, 1.82) is 0 Å². The molecule has 0 bridgehead atoms. The van der Waals surface area contributed by atoms with Crippen molar-refractivity contribution in [2.24, 2.45) is 13.0 Å². The summed E-state index contributed by atoms with van der Waals surface area (Å²) in [5, 5.41) is 7.34. The number of carbonyl (C=O) groups excluding carboxylic acids is 2. The van der Waals surface area contributed by atoms with Gasteiger partial charge in [-0.3, -0.25) is 14.3 Å². The number of hydrogen-bond donors (Lipinski definition) is 1. The molecule has 6 heteroatoms. The predicted molar refractivity (Wildman–Crippen MR) is 94.8 cm³/mol. The lowest BCUT2D eigenvalue weighted by Gasteiger charge is -2.29. The first-order valence-corrected chi connectivity index (χ1v) is 8.63. The number of nitrogens with one attached hydrogen (secondary N) is 1. The Morgan fingerprint density at radius 3 is 2.64 bits per heavy atom. The van der Waals surface area contributed by atoms with Gasteiger partial charge in [-0.2, -0.15) is 5.10 Å². The second-order valence-corrected chi connectivity index (χ2v) is 6.73. The van der Waals surface area contributed by atoms with E-state index in [0.29, 0.717) is 25.3 Å². The smallest absolute Gasteiger partial charge is 0.272 e. The first-order valence-electron chi connectivity index (χ1n) is 8.63. The lowest BCUT2D eigenvalue weighted by Crippen LogP contribution is -2.39. The molecular weight excluding hydrogens is 316 g/mol. The number of aromatic nitrogens is 2. The second kappa shape index (κ2) is 7.09. The molecular formula is C19H24N4O2. The number of benzene rings is 1. The van der Waals surface area contributed by atoms with Crippen LogP contribution < -0.4 is 5.32 Å². The normalized spacial score (nSPS) is 13.7. The fourth-order valence-corrected chi connectivity index (χ4v) is 3.19. The van der Waals surface area contributed by atoms with E-state index in [0.717, 1.165) is 23.2 Å². The van der Waals surface area contributed by atoms with Crippen LogP contribution in [0.2, 0.25) is 0 Å². The zero-order chi connectivity index (χ0) is 18.0. The minimum Gasteiger partial charge on any atom is -0.347 e. The second-order valence-electron chi connectivity index (χ2n) is 6.73. The quantitative estimate of drug-likeness (QED) is 0.924. The molecule has 0 unspecified atom stereocenters. The molecule has 1 aromatic heterocycles. The largest absolute Gasteiger partial charge is 0.347 e. The van der Waals surface area contributed by atoms with E-state index in [1.807, 2.05) is 56.1 Å². The van der Waals surface area contributed by atoms with Crippen LogP contribution in [0.25, 0.3) is 0 Å². The molecule has 1 aliphatic rings. The van der Waals surface area contributed by atoms with E-state index >= 15 is 0 Å². The van der Waals surface area contributed by atoms with Gasteiger partial charge in [0.25, 0.3) is 5.91 Å². The third-order valence-electron chi connectivity index (χ3n) is 4.56. The molecule has 1 aromatic carbocycles. The van der Waals surface area contributed by atoms with Crippen molar-refractivity contribution < 1.29 is 9.59 Å². The van der Waals surface area contributed by atoms with Crippen molar-refractivity contribution >= 4 is 11.8 Å². The van der Waals surface area contributed by atoms with Crippen LogP contribution in [0.5, 0.6) is 0 Å². The summed E-state index contributed by atoms with van der Waals surface area (Å²) in [4.78, 5) is 26.7. The summed E-state index contributed by atoms with van der Waals surface area (Å²) in [6.07, 6.45) is 0.725. The summed E-state index contributed by atoms with van der Waals surface area (Å²) >= 11 is 0. The third-order valence-corrected chi connectivity index (χ3v) is 4.56. The van der Waals surface area contributed by atoms with Crippen LogP contribution in [0.4, 0.5) is 0 Å². The first-order chi connectivity index (χ1) is 12.0. The molecule has 0 spiro atoms. The maximum absolute atomic E-state index is 12.6. The van der Waals surface area contributed by atoms with Crippen molar-refractivity contribution in [1.82, 2.24) is 20.0 Å². The van der Waals surface area contributed by atoms with E-state index in [2.05, 4.69) is 10.4 Å². The standard InChI is InChI=1S/C19H24N4O2/c1-13(2)19(25)23-10-9-16-15(12-23)17(21-22(16)3)18(24)20-11-14-7-5-4-6-8-14/h4-8,13H,9-12H2,1-3H3,(H,20,24). The molecule has 0 radical (unpaired) electrons. The van der Waals surface area contributed by atoms with E-state index < -0.39 is 0 Å². The van der Waals surface area contributed by atoms with E-state index in [-0.39, 0.29) is 17.7 Å². The van der Waals surface area contributed by atoms with Crippen molar-refractivity contribution in [2.75, 3.05) is 6.54 Å². The lowest BCUT2D eigenvalue weighted by molar-refractivity contribution is -0.135. The van der Waals surface area contributed by atoms with E-state index in [4.69, 9.17) is 0 Å². The van der Waals surface area contributed by atoms with Gasteiger partial charge in [-0.15, -0.1) is 0 Å². The zero-order valence-corrected chi connectivity index (χ0v) is 15.0. The highest BCUT2D eigenvalue weighted by Crippen LogP contribution is 2.23. The molecule has 25 heavy (non-hydrogen) atoms. The minimum absolute atomic E-state index is 0.0476. The molecule has 0 saturated heterocycles. The van der Waals surface area contributed by atoms with Crippen LogP contribution in [-0.2, 0) is 31.4 Å². The monoisotopic (exact) mass is 340 g/mol. The Bertz CT molecular complexity index is 780.